The van der Waals surface area contributed by atoms with Crippen LogP contribution in [0.1, 0.15) is 38.7 Å². The summed E-state index contributed by atoms with van der Waals surface area (Å²) in [4.78, 5) is 40.4. The zero-order valence-electron chi connectivity index (χ0n) is 17.7. The molecule has 1 aromatic carbocycles. The second kappa shape index (κ2) is 10.5. The average molecular weight is 426 g/mol. The molecule has 2 rings (SSSR count). The molecule has 166 valence electrons. The zero-order chi connectivity index (χ0) is 22.4. The molecule has 1 aliphatic heterocycles. The van der Waals surface area contributed by atoms with Gasteiger partial charge in [-0.15, -0.1) is 0 Å². The third-order valence-electron chi connectivity index (χ3n) is 5.49. The Morgan fingerprint density at radius 2 is 2.00 bits per heavy atom. The molecule has 0 N–H and O–H groups in total. The van der Waals surface area contributed by atoms with Crippen molar-refractivity contribution in [1.29, 1.82) is 0 Å². The predicted octanol–water partition coefficient (Wildman–Crippen LogP) is 2.27. The van der Waals surface area contributed by atoms with Crippen LogP contribution in [0.5, 0.6) is 0 Å². The molecule has 1 fully saturated rings. The summed E-state index contributed by atoms with van der Waals surface area (Å²) >= 11 is 0. The fourth-order valence-corrected chi connectivity index (χ4v) is 3.75. The maximum atomic E-state index is 14.1. The molecule has 0 aliphatic carbocycles. The first-order chi connectivity index (χ1) is 14.2. The fourth-order valence-electron chi connectivity index (χ4n) is 3.75. The van der Waals surface area contributed by atoms with E-state index in [4.69, 9.17) is 9.47 Å². The smallest absolute Gasteiger partial charge is 0.331 e. The van der Waals surface area contributed by atoms with E-state index >= 15 is 0 Å². The number of carbonyl (C=O) groups excluding carboxylic acids is 3. The maximum absolute atomic E-state index is 14.1. The number of hydrogen-bond donors (Lipinski definition) is 0. The number of methoxy groups -OCH3 is 2. The third-order valence-corrected chi connectivity index (χ3v) is 5.49. The summed E-state index contributed by atoms with van der Waals surface area (Å²) in [5.41, 5.74) is 0.0514. The highest BCUT2D eigenvalue weighted by Crippen LogP contribution is 2.26. The van der Waals surface area contributed by atoms with Crippen LogP contribution in [-0.2, 0) is 30.4 Å². The van der Waals surface area contributed by atoms with Gasteiger partial charge in [0.15, 0.2) is 17.7 Å². The third kappa shape index (κ3) is 5.13. The lowest BCUT2D eigenvalue weighted by Gasteiger charge is -2.34. The van der Waals surface area contributed by atoms with E-state index in [1.807, 2.05) is 0 Å². The minimum Gasteiger partial charge on any atom is -0.467 e. The molecule has 0 saturated carbocycles. The molecule has 0 radical (unpaired) electrons. The highest BCUT2D eigenvalue weighted by atomic mass is 19.2. The van der Waals surface area contributed by atoms with Crippen LogP contribution in [0.15, 0.2) is 18.2 Å². The number of halogens is 2. The standard InChI is InChI=1S/C21H28F2N2O5/c1-5-24(20(13(2)29-3)21(28)30-4)18(27)11-15-9-10-17(26)25(15)12-14-7-6-8-16(22)19(14)23/h6-8,13,15,20H,5,9-12H2,1-4H3/t13-,15+,20+/m1/s1. The summed E-state index contributed by atoms with van der Waals surface area (Å²) in [6.45, 7) is 3.51. The van der Waals surface area contributed by atoms with Gasteiger partial charge in [-0.05, 0) is 26.3 Å². The van der Waals surface area contributed by atoms with E-state index in [-0.39, 0.29) is 43.3 Å². The molecule has 0 unspecified atom stereocenters. The molecule has 3 atom stereocenters. The van der Waals surface area contributed by atoms with Crippen molar-refractivity contribution in [2.75, 3.05) is 20.8 Å². The molecule has 30 heavy (non-hydrogen) atoms. The van der Waals surface area contributed by atoms with E-state index in [0.717, 1.165) is 6.07 Å². The number of esters is 1. The van der Waals surface area contributed by atoms with Gasteiger partial charge in [0.1, 0.15) is 0 Å². The molecule has 7 nitrogen and oxygen atoms in total. The van der Waals surface area contributed by atoms with Crippen LogP contribution >= 0.6 is 0 Å². The van der Waals surface area contributed by atoms with Crippen molar-refractivity contribution in [2.45, 2.75) is 57.8 Å². The highest BCUT2D eigenvalue weighted by Gasteiger charge is 2.38. The number of rotatable bonds is 9. The lowest BCUT2D eigenvalue weighted by Crippen LogP contribution is -2.52. The van der Waals surface area contributed by atoms with Crippen molar-refractivity contribution >= 4 is 17.8 Å². The van der Waals surface area contributed by atoms with Gasteiger partial charge in [-0.3, -0.25) is 9.59 Å². The number of hydrogen-bond acceptors (Lipinski definition) is 5. The molecule has 1 aromatic rings. The van der Waals surface area contributed by atoms with Crippen LogP contribution in [0.25, 0.3) is 0 Å². The summed E-state index contributed by atoms with van der Waals surface area (Å²) in [6.07, 6.45) is 0.00191. The Kier molecular flexibility index (Phi) is 8.28. The molecular formula is C21H28F2N2O5. The average Bonchev–Trinajstić information content (AvgIpc) is 3.07. The Bertz CT molecular complexity index is 789. The van der Waals surface area contributed by atoms with Gasteiger partial charge in [-0.25, -0.2) is 13.6 Å². The summed E-state index contributed by atoms with van der Waals surface area (Å²) in [6, 6.07) is 2.39. The van der Waals surface area contributed by atoms with E-state index < -0.39 is 35.8 Å². The number of amides is 2. The normalized spacial score (nSPS) is 18.3. The second-order valence-corrected chi connectivity index (χ2v) is 7.22. The minimum atomic E-state index is -1.00. The zero-order valence-corrected chi connectivity index (χ0v) is 17.7. The van der Waals surface area contributed by atoms with E-state index in [1.54, 1.807) is 13.8 Å². The minimum absolute atomic E-state index is 0.0412. The van der Waals surface area contributed by atoms with Gasteiger partial charge in [0, 0.05) is 44.6 Å². The molecule has 1 aliphatic rings. The number of likely N-dealkylation sites (N-methyl/N-ethyl adjacent to an activating group) is 1. The Hall–Kier alpha value is -2.55. The second-order valence-electron chi connectivity index (χ2n) is 7.22. The lowest BCUT2D eigenvalue weighted by atomic mass is 10.1. The molecule has 0 aromatic heterocycles. The first kappa shape index (κ1) is 23.7. The molecular weight excluding hydrogens is 398 g/mol. The first-order valence-electron chi connectivity index (χ1n) is 9.87. The van der Waals surface area contributed by atoms with Crippen molar-refractivity contribution in [2.24, 2.45) is 0 Å². The molecule has 0 spiro atoms. The van der Waals surface area contributed by atoms with Crippen LogP contribution in [0, 0.1) is 11.6 Å². The van der Waals surface area contributed by atoms with Crippen LogP contribution in [0.4, 0.5) is 8.78 Å². The topological polar surface area (TPSA) is 76.2 Å². The Morgan fingerprint density at radius 3 is 2.60 bits per heavy atom. The number of nitrogens with zero attached hydrogens (tertiary/aromatic N) is 2. The molecule has 2 amide bonds. The number of carbonyl (C=O) groups is 3. The number of ether oxygens (including phenoxy) is 2. The van der Waals surface area contributed by atoms with E-state index in [1.165, 1.54) is 36.2 Å². The molecule has 1 saturated heterocycles. The van der Waals surface area contributed by atoms with Crippen molar-refractivity contribution in [1.82, 2.24) is 9.80 Å². The molecule has 9 heteroatoms. The van der Waals surface area contributed by atoms with Crippen LogP contribution in [0.3, 0.4) is 0 Å². The summed E-state index contributed by atoms with van der Waals surface area (Å²) in [7, 11) is 2.67. The van der Waals surface area contributed by atoms with Crippen molar-refractivity contribution in [3.8, 4) is 0 Å². The quantitative estimate of drug-likeness (QED) is 0.567. The largest absolute Gasteiger partial charge is 0.467 e. The van der Waals surface area contributed by atoms with Crippen LogP contribution < -0.4 is 0 Å². The fraction of sp³-hybridized carbons (Fsp3) is 0.571. The maximum Gasteiger partial charge on any atom is 0.331 e. The predicted molar refractivity (Wildman–Crippen MR) is 104 cm³/mol. The molecule has 1 heterocycles. The van der Waals surface area contributed by atoms with Crippen molar-refractivity contribution in [3.63, 3.8) is 0 Å². The molecule has 0 bridgehead atoms. The van der Waals surface area contributed by atoms with Gasteiger partial charge < -0.3 is 19.3 Å². The van der Waals surface area contributed by atoms with Gasteiger partial charge in [0.05, 0.1) is 13.2 Å². The summed E-state index contributed by atoms with van der Waals surface area (Å²) in [5.74, 6) is -3.16. The van der Waals surface area contributed by atoms with Gasteiger partial charge in [-0.2, -0.15) is 0 Å². The Balaban J connectivity index is 2.19. The van der Waals surface area contributed by atoms with Crippen molar-refractivity contribution in [3.05, 3.63) is 35.4 Å². The lowest BCUT2D eigenvalue weighted by molar-refractivity contribution is -0.159. The first-order valence-corrected chi connectivity index (χ1v) is 9.87. The monoisotopic (exact) mass is 426 g/mol. The van der Waals surface area contributed by atoms with Crippen molar-refractivity contribution < 1.29 is 32.6 Å². The summed E-state index contributed by atoms with van der Waals surface area (Å²) < 4.78 is 37.7. The van der Waals surface area contributed by atoms with Gasteiger partial charge in [0.25, 0.3) is 0 Å². The SMILES string of the molecule is CCN(C(=O)C[C@@H]1CCC(=O)N1Cc1cccc(F)c1F)[C@H](C(=O)OC)[C@@H](C)OC. The Morgan fingerprint density at radius 1 is 1.30 bits per heavy atom. The van der Waals surface area contributed by atoms with Gasteiger partial charge >= 0.3 is 5.97 Å². The summed E-state index contributed by atoms with van der Waals surface area (Å²) in [5, 5.41) is 0. The van der Waals surface area contributed by atoms with Gasteiger partial charge in [-0.1, -0.05) is 12.1 Å². The number of benzene rings is 1. The van der Waals surface area contributed by atoms with E-state index in [0.29, 0.717) is 6.42 Å². The van der Waals surface area contributed by atoms with E-state index in [2.05, 4.69) is 0 Å². The van der Waals surface area contributed by atoms with Crippen LogP contribution in [-0.4, -0.2) is 66.5 Å². The van der Waals surface area contributed by atoms with Gasteiger partial charge in [0.2, 0.25) is 11.8 Å². The Labute approximate surface area is 174 Å². The van der Waals surface area contributed by atoms with Crippen LogP contribution in [0.2, 0.25) is 0 Å². The highest BCUT2D eigenvalue weighted by molar-refractivity contribution is 5.86. The van der Waals surface area contributed by atoms with E-state index in [9.17, 15) is 23.2 Å². The number of likely N-dealkylation sites (tertiary alicyclic amines) is 1.